The van der Waals surface area contributed by atoms with Gasteiger partial charge in [0.15, 0.2) is 5.69 Å². The maximum Gasteiger partial charge on any atom is 0.356 e. The summed E-state index contributed by atoms with van der Waals surface area (Å²) in [6, 6.07) is 9.33. The molecular formula is C14H14N2O5. The molecule has 1 heterocycles. The van der Waals surface area contributed by atoms with Crippen molar-refractivity contribution in [3.8, 4) is 11.5 Å². The van der Waals surface area contributed by atoms with Gasteiger partial charge in [-0.05, 0) is 30.3 Å². The summed E-state index contributed by atoms with van der Waals surface area (Å²) in [6.07, 6.45) is 0. The quantitative estimate of drug-likeness (QED) is 0.854. The number of nitrogens with zero attached hydrogens (tertiary/aromatic N) is 2. The van der Waals surface area contributed by atoms with Crippen molar-refractivity contribution in [2.24, 2.45) is 0 Å². The van der Waals surface area contributed by atoms with Crippen molar-refractivity contribution in [2.75, 3.05) is 13.7 Å². The number of carboxylic acid groups (broad SMARTS) is 1. The van der Waals surface area contributed by atoms with E-state index in [2.05, 4.69) is 5.10 Å². The van der Waals surface area contributed by atoms with E-state index in [0.29, 0.717) is 5.75 Å². The molecule has 0 saturated heterocycles. The Balaban J connectivity index is 1.98. The van der Waals surface area contributed by atoms with Gasteiger partial charge in [-0.3, -0.25) is 4.79 Å². The van der Waals surface area contributed by atoms with Gasteiger partial charge in [-0.2, -0.15) is 5.10 Å². The highest BCUT2D eigenvalue weighted by atomic mass is 16.5. The molecule has 0 amide bonds. The number of benzene rings is 1. The predicted molar refractivity (Wildman–Crippen MR) is 73.9 cm³/mol. The fraction of sp³-hybridized carbons (Fsp3) is 0.214. The minimum Gasteiger partial charge on any atom is -0.497 e. The smallest absolute Gasteiger partial charge is 0.356 e. The van der Waals surface area contributed by atoms with Crippen LogP contribution < -0.4 is 15.0 Å². The second-order valence-electron chi connectivity index (χ2n) is 4.11. The molecule has 0 aliphatic heterocycles. The van der Waals surface area contributed by atoms with Crippen LogP contribution in [0.15, 0.2) is 41.2 Å². The largest absolute Gasteiger partial charge is 0.497 e. The van der Waals surface area contributed by atoms with E-state index in [1.54, 1.807) is 31.4 Å². The molecule has 21 heavy (non-hydrogen) atoms. The van der Waals surface area contributed by atoms with Crippen molar-refractivity contribution >= 4 is 5.97 Å². The van der Waals surface area contributed by atoms with Crippen LogP contribution in [-0.4, -0.2) is 34.6 Å². The number of aromatic nitrogens is 2. The lowest BCUT2D eigenvalue weighted by molar-refractivity contribution is 0.0687. The minimum absolute atomic E-state index is 0.159. The molecule has 1 aromatic carbocycles. The summed E-state index contributed by atoms with van der Waals surface area (Å²) >= 11 is 0. The van der Waals surface area contributed by atoms with E-state index in [1.807, 2.05) is 0 Å². The van der Waals surface area contributed by atoms with E-state index >= 15 is 0 Å². The van der Waals surface area contributed by atoms with Crippen LogP contribution in [0.25, 0.3) is 0 Å². The molecule has 2 rings (SSSR count). The number of aromatic carboxylic acids is 1. The van der Waals surface area contributed by atoms with Gasteiger partial charge in [0.05, 0.1) is 13.7 Å². The molecule has 0 spiro atoms. The van der Waals surface area contributed by atoms with Crippen LogP contribution in [0.4, 0.5) is 0 Å². The molecule has 0 bridgehead atoms. The molecule has 7 heteroatoms. The lowest BCUT2D eigenvalue weighted by Gasteiger charge is -2.08. The zero-order valence-electron chi connectivity index (χ0n) is 11.4. The summed E-state index contributed by atoms with van der Waals surface area (Å²) in [4.78, 5) is 22.4. The summed E-state index contributed by atoms with van der Waals surface area (Å²) < 4.78 is 11.6. The molecular weight excluding hydrogens is 276 g/mol. The highest BCUT2D eigenvalue weighted by Gasteiger charge is 2.07. The standard InChI is InChI=1S/C14H14N2O5/c1-20-10-2-4-11(5-3-10)21-9-8-16-13(17)7-6-12(15-16)14(18)19/h2-7H,8-9H2,1H3,(H,18,19). The predicted octanol–water partition coefficient (Wildman–Crippen LogP) is 1.03. The van der Waals surface area contributed by atoms with Crippen LogP contribution >= 0.6 is 0 Å². The van der Waals surface area contributed by atoms with Crippen LogP contribution in [0.1, 0.15) is 10.5 Å². The third-order valence-electron chi connectivity index (χ3n) is 2.72. The van der Waals surface area contributed by atoms with Crippen molar-refractivity contribution in [3.05, 3.63) is 52.4 Å². The molecule has 0 atom stereocenters. The second-order valence-corrected chi connectivity index (χ2v) is 4.11. The van der Waals surface area contributed by atoms with E-state index in [1.165, 1.54) is 12.1 Å². The van der Waals surface area contributed by atoms with Gasteiger partial charge in [0.1, 0.15) is 18.1 Å². The van der Waals surface area contributed by atoms with Crippen molar-refractivity contribution in [1.82, 2.24) is 9.78 Å². The first-order valence-corrected chi connectivity index (χ1v) is 6.18. The van der Waals surface area contributed by atoms with Crippen molar-refractivity contribution in [2.45, 2.75) is 6.54 Å². The van der Waals surface area contributed by atoms with Gasteiger partial charge in [0, 0.05) is 6.07 Å². The Kier molecular flexibility index (Phi) is 4.55. The second kappa shape index (κ2) is 6.56. The van der Waals surface area contributed by atoms with Gasteiger partial charge in [0.25, 0.3) is 5.56 Å². The Bertz CT molecular complexity index is 679. The number of hydrogen-bond donors (Lipinski definition) is 1. The van der Waals surface area contributed by atoms with Gasteiger partial charge < -0.3 is 14.6 Å². The van der Waals surface area contributed by atoms with Gasteiger partial charge in [0.2, 0.25) is 0 Å². The fourth-order valence-corrected chi connectivity index (χ4v) is 1.65. The Morgan fingerprint density at radius 2 is 1.86 bits per heavy atom. The van der Waals surface area contributed by atoms with E-state index in [-0.39, 0.29) is 24.4 Å². The first-order chi connectivity index (χ1) is 10.1. The minimum atomic E-state index is -1.18. The highest BCUT2D eigenvalue weighted by Crippen LogP contribution is 2.16. The van der Waals surface area contributed by atoms with Crippen molar-refractivity contribution < 1.29 is 19.4 Å². The zero-order valence-corrected chi connectivity index (χ0v) is 11.4. The van der Waals surface area contributed by atoms with Crippen LogP contribution in [0.3, 0.4) is 0 Å². The number of rotatable bonds is 6. The van der Waals surface area contributed by atoms with E-state index in [4.69, 9.17) is 14.6 Å². The molecule has 0 aliphatic rings. The Hall–Kier alpha value is -2.83. The van der Waals surface area contributed by atoms with Crippen molar-refractivity contribution in [1.29, 1.82) is 0 Å². The van der Waals surface area contributed by atoms with Gasteiger partial charge in [-0.15, -0.1) is 0 Å². The highest BCUT2D eigenvalue weighted by molar-refractivity contribution is 5.84. The Labute approximate surface area is 120 Å². The lowest BCUT2D eigenvalue weighted by Crippen LogP contribution is -2.26. The van der Waals surface area contributed by atoms with Gasteiger partial charge >= 0.3 is 5.97 Å². The zero-order chi connectivity index (χ0) is 15.2. The summed E-state index contributed by atoms with van der Waals surface area (Å²) in [7, 11) is 1.57. The summed E-state index contributed by atoms with van der Waals surface area (Å²) in [5.74, 6) is 0.160. The fourth-order valence-electron chi connectivity index (χ4n) is 1.65. The number of ether oxygens (including phenoxy) is 2. The van der Waals surface area contributed by atoms with E-state index in [9.17, 15) is 9.59 Å². The number of carboxylic acids is 1. The maximum atomic E-state index is 11.6. The van der Waals surface area contributed by atoms with Gasteiger partial charge in [-0.1, -0.05) is 0 Å². The van der Waals surface area contributed by atoms with E-state index < -0.39 is 5.97 Å². The Morgan fingerprint density at radius 3 is 2.48 bits per heavy atom. The molecule has 0 radical (unpaired) electrons. The first kappa shape index (κ1) is 14.6. The van der Waals surface area contributed by atoms with Crippen LogP contribution in [-0.2, 0) is 6.54 Å². The third kappa shape index (κ3) is 3.82. The Morgan fingerprint density at radius 1 is 1.19 bits per heavy atom. The number of carbonyl (C=O) groups is 1. The molecule has 7 nitrogen and oxygen atoms in total. The van der Waals surface area contributed by atoms with Crippen LogP contribution in [0.5, 0.6) is 11.5 Å². The molecule has 0 saturated carbocycles. The van der Waals surface area contributed by atoms with Gasteiger partial charge in [-0.25, -0.2) is 9.48 Å². The molecule has 0 aliphatic carbocycles. The molecule has 1 aromatic heterocycles. The maximum absolute atomic E-state index is 11.6. The lowest BCUT2D eigenvalue weighted by atomic mass is 10.3. The van der Waals surface area contributed by atoms with Crippen molar-refractivity contribution in [3.63, 3.8) is 0 Å². The molecule has 0 unspecified atom stereocenters. The van der Waals surface area contributed by atoms with E-state index in [0.717, 1.165) is 10.4 Å². The van der Waals surface area contributed by atoms with Crippen LogP contribution in [0.2, 0.25) is 0 Å². The first-order valence-electron chi connectivity index (χ1n) is 6.18. The summed E-state index contributed by atoms with van der Waals surface area (Å²) in [6.45, 7) is 0.355. The number of methoxy groups -OCH3 is 1. The monoisotopic (exact) mass is 290 g/mol. The normalized spacial score (nSPS) is 10.1. The molecule has 0 fully saturated rings. The molecule has 110 valence electrons. The average Bonchev–Trinajstić information content (AvgIpc) is 2.49. The summed E-state index contributed by atoms with van der Waals surface area (Å²) in [5.41, 5.74) is -0.558. The summed E-state index contributed by atoms with van der Waals surface area (Å²) in [5, 5.41) is 12.6. The molecule has 1 N–H and O–H groups in total. The SMILES string of the molecule is COc1ccc(OCCn2nc(C(=O)O)ccc2=O)cc1. The van der Waals surface area contributed by atoms with Crippen LogP contribution in [0, 0.1) is 0 Å². The average molecular weight is 290 g/mol. The molecule has 2 aromatic rings. The third-order valence-corrected chi connectivity index (χ3v) is 2.72. The topological polar surface area (TPSA) is 90.7 Å². The number of hydrogen-bond acceptors (Lipinski definition) is 5.